The van der Waals surface area contributed by atoms with Crippen molar-refractivity contribution < 1.29 is 4.74 Å². The molecule has 4 heteroatoms. The zero-order chi connectivity index (χ0) is 11.4. The molecule has 16 heavy (non-hydrogen) atoms. The van der Waals surface area contributed by atoms with Crippen molar-refractivity contribution in [2.45, 2.75) is 51.7 Å². The number of nitrogens with zero attached hydrogens (tertiary/aromatic N) is 1. The third-order valence-electron chi connectivity index (χ3n) is 3.35. The second-order valence-electron chi connectivity index (χ2n) is 4.55. The Morgan fingerprint density at radius 1 is 1.56 bits per heavy atom. The second-order valence-corrected chi connectivity index (χ2v) is 5.44. The van der Waals surface area contributed by atoms with Crippen LogP contribution in [0.2, 0.25) is 0 Å². The second kappa shape index (κ2) is 5.64. The van der Waals surface area contributed by atoms with E-state index in [1.165, 1.54) is 43.4 Å². The first kappa shape index (κ1) is 11.9. The first-order valence-electron chi connectivity index (χ1n) is 6.09. The third kappa shape index (κ3) is 3.19. The number of rotatable bonds is 4. The highest BCUT2D eigenvalue weighted by molar-refractivity contribution is 7.13. The number of hydrogen-bond acceptors (Lipinski definition) is 4. The van der Waals surface area contributed by atoms with Crippen molar-refractivity contribution in [1.29, 1.82) is 0 Å². The van der Waals surface area contributed by atoms with Crippen molar-refractivity contribution in [1.82, 2.24) is 4.98 Å². The fraction of sp³-hybridized carbons (Fsp3) is 0.750. The number of thiazole rings is 1. The molecule has 1 fully saturated rings. The summed E-state index contributed by atoms with van der Waals surface area (Å²) in [6.07, 6.45) is 6.82. The van der Waals surface area contributed by atoms with Crippen molar-refractivity contribution in [3.63, 3.8) is 0 Å². The van der Waals surface area contributed by atoms with E-state index in [2.05, 4.69) is 11.9 Å². The molecule has 90 valence electrons. The summed E-state index contributed by atoms with van der Waals surface area (Å²) in [4.78, 5) is 4.21. The van der Waals surface area contributed by atoms with E-state index in [0.29, 0.717) is 17.8 Å². The summed E-state index contributed by atoms with van der Waals surface area (Å²) in [5, 5.41) is 2.61. The van der Waals surface area contributed by atoms with Crippen LogP contribution in [0.1, 0.15) is 44.7 Å². The molecule has 1 aliphatic carbocycles. The van der Waals surface area contributed by atoms with E-state index in [4.69, 9.17) is 10.5 Å². The lowest BCUT2D eigenvalue weighted by Crippen LogP contribution is -2.22. The van der Waals surface area contributed by atoms with Crippen LogP contribution in [0, 0.1) is 5.92 Å². The molecule has 0 aliphatic heterocycles. The van der Waals surface area contributed by atoms with Crippen LogP contribution < -0.4 is 5.73 Å². The van der Waals surface area contributed by atoms with E-state index in [1.54, 1.807) is 0 Å². The van der Waals surface area contributed by atoms with Crippen LogP contribution in [0.15, 0.2) is 5.38 Å². The average molecular weight is 240 g/mol. The van der Waals surface area contributed by atoms with Gasteiger partial charge in [-0.25, -0.2) is 4.98 Å². The molecule has 0 saturated heterocycles. The summed E-state index contributed by atoms with van der Waals surface area (Å²) in [5.41, 5.74) is 6.56. The van der Waals surface area contributed by atoms with E-state index in [-0.39, 0.29) is 0 Å². The molecule has 0 radical (unpaired) electrons. The van der Waals surface area contributed by atoms with Crippen molar-refractivity contribution >= 4 is 16.5 Å². The SMILES string of the molecule is CCC1CCCC(OCc2csc(N)n2)C1. The normalized spacial score (nSPS) is 25.8. The van der Waals surface area contributed by atoms with Gasteiger partial charge in [-0.1, -0.05) is 26.2 Å². The number of aromatic nitrogens is 1. The van der Waals surface area contributed by atoms with Gasteiger partial charge >= 0.3 is 0 Å². The predicted octanol–water partition coefficient (Wildman–Crippen LogP) is 3.21. The van der Waals surface area contributed by atoms with Crippen molar-refractivity contribution in [3.05, 3.63) is 11.1 Å². The summed E-state index contributed by atoms with van der Waals surface area (Å²) in [6.45, 7) is 2.89. The van der Waals surface area contributed by atoms with Crippen molar-refractivity contribution in [2.75, 3.05) is 5.73 Å². The molecule has 1 aromatic rings. The Labute approximate surface area is 101 Å². The Bertz CT molecular complexity index is 327. The lowest BCUT2D eigenvalue weighted by molar-refractivity contribution is 0.000576. The van der Waals surface area contributed by atoms with Gasteiger partial charge in [0.05, 0.1) is 18.4 Å². The molecule has 2 rings (SSSR count). The summed E-state index contributed by atoms with van der Waals surface area (Å²) < 4.78 is 5.90. The minimum absolute atomic E-state index is 0.432. The molecule has 1 aliphatic rings. The minimum Gasteiger partial charge on any atom is -0.375 e. The average Bonchev–Trinajstić information content (AvgIpc) is 2.73. The molecule has 0 aromatic carbocycles. The van der Waals surface area contributed by atoms with Gasteiger partial charge in [0.1, 0.15) is 0 Å². The largest absolute Gasteiger partial charge is 0.375 e. The van der Waals surface area contributed by atoms with Gasteiger partial charge in [0, 0.05) is 5.38 Å². The number of nitrogen functional groups attached to an aromatic ring is 1. The maximum atomic E-state index is 5.90. The molecule has 0 spiro atoms. The third-order valence-corrected chi connectivity index (χ3v) is 4.07. The van der Waals surface area contributed by atoms with Gasteiger partial charge in [-0.05, 0) is 18.8 Å². The molecule has 0 amide bonds. The maximum Gasteiger partial charge on any atom is 0.180 e. The molecule has 1 saturated carbocycles. The number of hydrogen-bond donors (Lipinski definition) is 1. The van der Waals surface area contributed by atoms with Gasteiger partial charge in [0.25, 0.3) is 0 Å². The highest BCUT2D eigenvalue weighted by atomic mass is 32.1. The Morgan fingerprint density at radius 2 is 2.44 bits per heavy atom. The van der Waals surface area contributed by atoms with E-state index in [0.717, 1.165) is 11.6 Å². The van der Waals surface area contributed by atoms with E-state index in [1.807, 2.05) is 5.38 Å². The van der Waals surface area contributed by atoms with Crippen molar-refractivity contribution in [3.8, 4) is 0 Å². The first-order chi connectivity index (χ1) is 7.78. The Hall–Kier alpha value is -0.610. The zero-order valence-corrected chi connectivity index (χ0v) is 10.6. The quantitative estimate of drug-likeness (QED) is 0.879. The smallest absolute Gasteiger partial charge is 0.180 e. The van der Waals surface area contributed by atoms with Crippen LogP contribution in [0.25, 0.3) is 0 Å². The topological polar surface area (TPSA) is 48.1 Å². The summed E-state index contributed by atoms with van der Waals surface area (Å²) in [5.74, 6) is 0.860. The summed E-state index contributed by atoms with van der Waals surface area (Å²) in [7, 11) is 0. The van der Waals surface area contributed by atoms with E-state index in [9.17, 15) is 0 Å². The number of ether oxygens (including phenoxy) is 1. The van der Waals surface area contributed by atoms with Crippen LogP contribution in [0.4, 0.5) is 5.13 Å². The molecule has 2 atom stereocenters. The number of nitrogens with two attached hydrogens (primary N) is 1. The maximum absolute atomic E-state index is 5.90. The first-order valence-corrected chi connectivity index (χ1v) is 6.97. The van der Waals surface area contributed by atoms with Gasteiger partial charge in [0.2, 0.25) is 0 Å². The van der Waals surface area contributed by atoms with Crippen LogP contribution in [0.5, 0.6) is 0 Å². The molecular weight excluding hydrogens is 220 g/mol. The standard InChI is InChI=1S/C12H20N2OS/c1-2-9-4-3-5-11(6-9)15-7-10-8-16-12(13)14-10/h8-9,11H,2-7H2,1H3,(H2,13,14). The fourth-order valence-corrected chi connectivity index (χ4v) is 2.90. The lowest BCUT2D eigenvalue weighted by Gasteiger charge is -2.28. The van der Waals surface area contributed by atoms with Crippen molar-refractivity contribution in [2.24, 2.45) is 5.92 Å². The highest BCUT2D eigenvalue weighted by Gasteiger charge is 2.21. The Kier molecular flexibility index (Phi) is 4.18. The van der Waals surface area contributed by atoms with Crippen LogP contribution >= 0.6 is 11.3 Å². The van der Waals surface area contributed by atoms with Crippen LogP contribution in [-0.4, -0.2) is 11.1 Å². The Balaban J connectivity index is 1.77. The number of anilines is 1. The minimum atomic E-state index is 0.432. The molecular formula is C12H20N2OS. The molecule has 0 bridgehead atoms. The van der Waals surface area contributed by atoms with Crippen LogP contribution in [0.3, 0.4) is 0 Å². The van der Waals surface area contributed by atoms with Gasteiger partial charge in [-0.15, -0.1) is 11.3 Å². The van der Waals surface area contributed by atoms with Gasteiger partial charge < -0.3 is 10.5 Å². The summed E-state index contributed by atoms with van der Waals surface area (Å²) in [6, 6.07) is 0. The van der Waals surface area contributed by atoms with Gasteiger partial charge in [-0.2, -0.15) is 0 Å². The lowest BCUT2D eigenvalue weighted by atomic mass is 9.85. The molecule has 2 N–H and O–H groups in total. The predicted molar refractivity (Wildman–Crippen MR) is 67.4 cm³/mol. The van der Waals surface area contributed by atoms with E-state index >= 15 is 0 Å². The monoisotopic (exact) mass is 240 g/mol. The summed E-state index contributed by atoms with van der Waals surface area (Å²) >= 11 is 1.48. The molecule has 2 unspecified atom stereocenters. The fourth-order valence-electron chi connectivity index (χ4n) is 2.36. The van der Waals surface area contributed by atoms with Gasteiger partial charge in [0.15, 0.2) is 5.13 Å². The molecule has 1 heterocycles. The zero-order valence-electron chi connectivity index (χ0n) is 9.82. The molecule has 1 aromatic heterocycles. The van der Waals surface area contributed by atoms with Gasteiger partial charge in [-0.3, -0.25) is 0 Å². The highest BCUT2D eigenvalue weighted by Crippen LogP contribution is 2.29. The molecule has 3 nitrogen and oxygen atoms in total. The van der Waals surface area contributed by atoms with E-state index < -0.39 is 0 Å². The van der Waals surface area contributed by atoms with Crippen LogP contribution in [-0.2, 0) is 11.3 Å². The Morgan fingerprint density at radius 3 is 3.12 bits per heavy atom.